The smallest absolute Gasteiger partial charge is 0.238 e. The van der Waals surface area contributed by atoms with Crippen LogP contribution in [0.2, 0.25) is 5.02 Å². The molecule has 2 N–H and O–H groups in total. The van der Waals surface area contributed by atoms with Crippen LogP contribution in [-0.2, 0) is 9.59 Å². The molecule has 0 bridgehead atoms. The van der Waals surface area contributed by atoms with Crippen molar-refractivity contribution in [3.8, 4) is 11.5 Å². The summed E-state index contributed by atoms with van der Waals surface area (Å²) >= 11 is 6.12. The molecule has 3 rings (SSSR count). The summed E-state index contributed by atoms with van der Waals surface area (Å²) in [5.74, 6) is 0.657. The normalized spacial score (nSPS) is 13.1. The molecule has 0 spiro atoms. The maximum Gasteiger partial charge on any atom is 0.238 e. The van der Waals surface area contributed by atoms with Crippen LogP contribution in [0.1, 0.15) is 30.4 Å². The van der Waals surface area contributed by atoms with Crippen LogP contribution >= 0.6 is 11.6 Å². The third-order valence-corrected chi connectivity index (χ3v) is 5.75. The van der Waals surface area contributed by atoms with E-state index in [1.807, 2.05) is 32.0 Å². The summed E-state index contributed by atoms with van der Waals surface area (Å²) in [5, 5.41) is 6.26. The number of aryl methyl sites for hydroxylation is 2. The van der Waals surface area contributed by atoms with Gasteiger partial charge in [-0.1, -0.05) is 23.7 Å². The van der Waals surface area contributed by atoms with Crippen molar-refractivity contribution in [1.29, 1.82) is 0 Å². The molecule has 0 aromatic heterocycles. The Morgan fingerprint density at radius 1 is 1.00 bits per heavy atom. The van der Waals surface area contributed by atoms with Crippen molar-refractivity contribution in [2.75, 3.05) is 37.9 Å². The van der Waals surface area contributed by atoms with Crippen molar-refractivity contribution in [1.82, 2.24) is 4.90 Å². The van der Waals surface area contributed by atoms with Gasteiger partial charge in [-0.25, -0.2) is 0 Å². The Labute approximate surface area is 194 Å². The van der Waals surface area contributed by atoms with Gasteiger partial charge in [-0.05, 0) is 43.9 Å². The predicted molar refractivity (Wildman–Crippen MR) is 127 cm³/mol. The summed E-state index contributed by atoms with van der Waals surface area (Å²) in [5.41, 5.74) is 3.43. The SMILES string of the molecule is COc1cc(NC(=O)CCN(CC(=O)Nc2cc(C)ccc2C)C2CC2)c(OC)cc1Cl. The largest absolute Gasteiger partial charge is 0.495 e. The first-order valence-corrected chi connectivity index (χ1v) is 11.0. The third-order valence-electron chi connectivity index (χ3n) is 5.45. The molecule has 0 aliphatic heterocycles. The Kier molecular flexibility index (Phi) is 7.99. The number of carbonyl (C=O) groups is 2. The lowest BCUT2D eigenvalue weighted by molar-refractivity contribution is -0.119. The van der Waals surface area contributed by atoms with Crippen molar-refractivity contribution >= 4 is 34.8 Å². The number of hydrogen-bond acceptors (Lipinski definition) is 5. The minimum atomic E-state index is -0.173. The van der Waals surface area contributed by atoms with Gasteiger partial charge >= 0.3 is 0 Å². The summed E-state index contributed by atoms with van der Waals surface area (Å²) < 4.78 is 10.5. The molecule has 1 saturated carbocycles. The maximum atomic E-state index is 12.6. The third kappa shape index (κ3) is 6.37. The highest BCUT2D eigenvalue weighted by Gasteiger charge is 2.30. The lowest BCUT2D eigenvalue weighted by atomic mass is 10.1. The summed E-state index contributed by atoms with van der Waals surface area (Å²) in [6.07, 6.45) is 2.34. The molecule has 2 aromatic carbocycles. The summed E-state index contributed by atoms with van der Waals surface area (Å²) in [4.78, 5) is 27.3. The Balaban J connectivity index is 1.57. The second kappa shape index (κ2) is 10.7. The van der Waals surface area contributed by atoms with Crippen LogP contribution in [0, 0.1) is 13.8 Å². The van der Waals surface area contributed by atoms with E-state index >= 15 is 0 Å². The van der Waals surface area contributed by atoms with Gasteiger partial charge in [0.15, 0.2) is 0 Å². The van der Waals surface area contributed by atoms with Crippen LogP contribution in [-0.4, -0.2) is 50.1 Å². The molecular weight excluding hydrogens is 430 g/mol. The summed E-state index contributed by atoms with van der Waals surface area (Å²) in [7, 11) is 3.02. The van der Waals surface area contributed by atoms with Crippen LogP contribution in [0.15, 0.2) is 30.3 Å². The fraction of sp³-hybridized carbons (Fsp3) is 0.417. The van der Waals surface area contributed by atoms with Gasteiger partial charge in [0.05, 0.1) is 31.5 Å². The fourth-order valence-corrected chi connectivity index (χ4v) is 3.72. The average molecular weight is 460 g/mol. The lowest BCUT2D eigenvalue weighted by Gasteiger charge is -2.22. The average Bonchev–Trinajstić information content (AvgIpc) is 3.60. The van der Waals surface area contributed by atoms with E-state index in [2.05, 4.69) is 15.5 Å². The second-order valence-corrected chi connectivity index (χ2v) is 8.46. The maximum absolute atomic E-state index is 12.6. The molecule has 1 aliphatic rings. The number of anilines is 2. The monoisotopic (exact) mass is 459 g/mol. The van der Waals surface area contributed by atoms with Crippen molar-refractivity contribution < 1.29 is 19.1 Å². The molecule has 0 unspecified atom stereocenters. The van der Waals surface area contributed by atoms with Crippen molar-refractivity contribution in [2.24, 2.45) is 0 Å². The van der Waals surface area contributed by atoms with E-state index in [0.29, 0.717) is 34.8 Å². The Morgan fingerprint density at radius 3 is 2.34 bits per heavy atom. The standard InChI is InChI=1S/C24H30ClN3O4/c1-15-5-6-16(2)19(11-15)26-24(30)14-28(17-7-8-17)10-9-23(29)27-20-13-21(31-3)18(25)12-22(20)32-4/h5-6,11-13,17H,7-10,14H2,1-4H3,(H,26,30)(H,27,29). The van der Waals surface area contributed by atoms with Crippen molar-refractivity contribution in [3.05, 3.63) is 46.5 Å². The van der Waals surface area contributed by atoms with Crippen LogP contribution < -0.4 is 20.1 Å². The molecule has 0 heterocycles. The Morgan fingerprint density at radius 2 is 1.69 bits per heavy atom. The molecule has 172 valence electrons. The molecule has 7 nitrogen and oxygen atoms in total. The molecule has 2 amide bonds. The van der Waals surface area contributed by atoms with Crippen LogP contribution in [0.5, 0.6) is 11.5 Å². The number of benzene rings is 2. The summed E-state index contributed by atoms with van der Waals surface area (Å²) in [6, 6.07) is 9.56. The molecule has 32 heavy (non-hydrogen) atoms. The molecule has 8 heteroatoms. The Bertz CT molecular complexity index is 991. The van der Waals surface area contributed by atoms with Gasteiger partial charge in [0, 0.05) is 36.8 Å². The zero-order chi connectivity index (χ0) is 23.3. The summed E-state index contributed by atoms with van der Waals surface area (Å²) in [6.45, 7) is 4.71. The lowest BCUT2D eigenvalue weighted by Crippen LogP contribution is -2.37. The first kappa shape index (κ1) is 23.9. The number of ether oxygens (including phenoxy) is 2. The zero-order valence-electron chi connectivity index (χ0n) is 19.0. The van der Waals surface area contributed by atoms with Gasteiger partial charge in [0.1, 0.15) is 11.5 Å². The molecule has 0 atom stereocenters. The number of methoxy groups -OCH3 is 2. The van der Waals surface area contributed by atoms with Crippen LogP contribution in [0.25, 0.3) is 0 Å². The number of nitrogens with zero attached hydrogens (tertiary/aromatic N) is 1. The minimum absolute atomic E-state index is 0.0740. The van der Waals surface area contributed by atoms with E-state index in [4.69, 9.17) is 21.1 Å². The van der Waals surface area contributed by atoms with E-state index in [9.17, 15) is 9.59 Å². The van der Waals surface area contributed by atoms with Gasteiger partial charge in [-0.2, -0.15) is 0 Å². The van der Waals surface area contributed by atoms with E-state index < -0.39 is 0 Å². The van der Waals surface area contributed by atoms with Crippen molar-refractivity contribution in [3.63, 3.8) is 0 Å². The van der Waals surface area contributed by atoms with E-state index in [1.165, 1.54) is 14.2 Å². The minimum Gasteiger partial charge on any atom is -0.495 e. The number of halogens is 1. The van der Waals surface area contributed by atoms with Crippen LogP contribution in [0.3, 0.4) is 0 Å². The molecule has 0 radical (unpaired) electrons. The van der Waals surface area contributed by atoms with Gasteiger partial charge in [0.25, 0.3) is 0 Å². The quantitative estimate of drug-likeness (QED) is 0.550. The molecule has 2 aromatic rings. The van der Waals surface area contributed by atoms with Gasteiger partial charge in [0.2, 0.25) is 11.8 Å². The first-order chi connectivity index (χ1) is 15.3. The Hall–Kier alpha value is -2.77. The molecule has 1 fully saturated rings. The van der Waals surface area contributed by atoms with E-state index in [-0.39, 0.29) is 24.8 Å². The van der Waals surface area contributed by atoms with Crippen LogP contribution in [0.4, 0.5) is 11.4 Å². The molecule has 1 aliphatic carbocycles. The predicted octanol–water partition coefficient (Wildman–Crippen LogP) is 4.41. The van der Waals surface area contributed by atoms with E-state index in [0.717, 1.165) is 29.7 Å². The van der Waals surface area contributed by atoms with Gasteiger partial charge in [-0.15, -0.1) is 0 Å². The highest BCUT2D eigenvalue weighted by molar-refractivity contribution is 6.32. The number of rotatable bonds is 10. The van der Waals surface area contributed by atoms with E-state index in [1.54, 1.807) is 12.1 Å². The number of carbonyl (C=O) groups excluding carboxylic acids is 2. The van der Waals surface area contributed by atoms with Crippen molar-refractivity contribution in [2.45, 2.75) is 39.2 Å². The second-order valence-electron chi connectivity index (χ2n) is 8.05. The van der Waals surface area contributed by atoms with Gasteiger partial charge in [-0.3, -0.25) is 14.5 Å². The fourth-order valence-electron chi connectivity index (χ4n) is 3.49. The molecule has 0 saturated heterocycles. The number of nitrogens with one attached hydrogen (secondary N) is 2. The number of amides is 2. The van der Waals surface area contributed by atoms with Gasteiger partial charge < -0.3 is 20.1 Å². The number of hydrogen-bond donors (Lipinski definition) is 2. The first-order valence-electron chi connectivity index (χ1n) is 10.6. The molecular formula is C24H30ClN3O4. The highest BCUT2D eigenvalue weighted by atomic mass is 35.5. The zero-order valence-corrected chi connectivity index (χ0v) is 19.7. The highest BCUT2D eigenvalue weighted by Crippen LogP contribution is 2.36. The topological polar surface area (TPSA) is 79.9 Å².